The van der Waals surface area contributed by atoms with Crippen LogP contribution in [0.4, 0.5) is 20.2 Å². The van der Waals surface area contributed by atoms with Gasteiger partial charge in [0.2, 0.25) is 0 Å². The van der Waals surface area contributed by atoms with E-state index in [-0.39, 0.29) is 22.7 Å². The summed E-state index contributed by atoms with van der Waals surface area (Å²) in [5, 5.41) is 13.8. The smallest absolute Gasteiger partial charge is 0.387 e. The van der Waals surface area contributed by atoms with Crippen LogP contribution in [0.3, 0.4) is 0 Å². The first-order chi connectivity index (χ1) is 12.8. The molecule has 7 nitrogen and oxygen atoms in total. The van der Waals surface area contributed by atoms with Crippen LogP contribution in [0.15, 0.2) is 42.5 Å². The third kappa shape index (κ3) is 5.00. The van der Waals surface area contributed by atoms with Gasteiger partial charge in [-0.15, -0.1) is 0 Å². The van der Waals surface area contributed by atoms with Crippen molar-refractivity contribution in [2.45, 2.75) is 6.61 Å². The summed E-state index contributed by atoms with van der Waals surface area (Å²) >= 11 is 0. The van der Waals surface area contributed by atoms with E-state index in [1.165, 1.54) is 49.6 Å². The van der Waals surface area contributed by atoms with Gasteiger partial charge in [0.1, 0.15) is 5.69 Å². The van der Waals surface area contributed by atoms with Gasteiger partial charge in [-0.3, -0.25) is 14.9 Å². The van der Waals surface area contributed by atoms with Gasteiger partial charge in [0.15, 0.2) is 17.3 Å². The maximum absolute atomic E-state index is 12.3. The molecule has 0 atom stereocenters. The monoisotopic (exact) mass is 378 g/mol. The number of carbonyl (C=O) groups is 1. The molecular formula is C18H16F2N2O5. The Bertz CT molecular complexity index is 884. The Labute approximate surface area is 153 Å². The number of ether oxygens (including phenoxy) is 2. The summed E-state index contributed by atoms with van der Waals surface area (Å²) in [6.45, 7) is -3.02. The zero-order valence-corrected chi connectivity index (χ0v) is 14.4. The highest BCUT2D eigenvalue weighted by molar-refractivity contribution is 6.07. The Morgan fingerprint density at radius 3 is 2.56 bits per heavy atom. The second kappa shape index (κ2) is 8.75. The molecule has 0 fully saturated rings. The number of halogens is 2. The Morgan fingerprint density at radius 2 is 1.96 bits per heavy atom. The number of alkyl halides is 2. The summed E-state index contributed by atoms with van der Waals surface area (Å²) in [4.78, 5) is 22.8. The number of hydrogen-bond donors (Lipinski definition) is 1. The third-order valence-corrected chi connectivity index (χ3v) is 3.58. The fourth-order valence-electron chi connectivity index (χ4n) is 2.30. The minimum Gasteiger partial charge on any atom is -0.493 e. The molecule has 0 saturated carbocycles. The third-order valence-electron chi connectivity index (χ3n) is 3.58. The minimum atomic E-state index is -3.02. The molecule has 0 aromatic heterocycles. The van der Waals surface area contributed by atoms with Crippen molar-refractivity contribution >= 4 is 23.2 Å². The maximum Gasteiger partial charge on any atom is 0.387 e. The lowest BCUT2D eigenvalue weighted by molar-refractivity contribution is -0.384. The van der Waals surface area contributed by atoms with Crippen molar-refractivity contribution < 1.29 is 28.0 Å². The summed E-state index contributed by atoms with van der Waals surface area (Å²) in [6, 6.07) is 8.27. The van der Waals surface area contributed by atoms with Crippen LogP contribution in [0.1, 0.15) is 15.9 Å². The average Bonchev–Trinajstić information content (AvgIpc) is 2.65. The number of carbonyl (C=O) groups excluding carboxylic acids is 1. The number of nitrogens with one attached hydrogen (secondary N) is 1. The number of benzene rings is 2. The summed E-state index contributed by atoms with van der Waals surface area (Å²) in [5.41, 5.74) is 0.870. The van der Waals surface area contributed by atoms with Crippen LogP contribution in [-0.2, 0) is 0 Å². The van der Waals surface area contributed by atoms with Gasteiger partial charge >= 0.3 is 6.61 Å². The van der Waals surface area contributed by atoms with E-state index < -0.39 is 17.3 Å². The van der Waals surface area contributed by atoms with Crippen LogP contribution in [0.25, 0.3) is 6.08 Å². The molecule has 1 N–H and O–H groups in total. The fourth-order valence-corrected chi connectivity index (χ4v) is 2.30. The van der Waals surface area contributed by atoms with E-state index >= 15 is 0 Å². The molecule has 2 aromatic rings. The van der Waals surface area contributed by atoms with Gasteiger partial charge in [-0.2, -0.15) is 8.78 Å². The van der Waals surface area contributed by atoms with E-state index in [1.807, 2.05) is 0 Å². The molecular weight excluding hydrogens is 362 g/mol. The highest BCUT2D eigenvalue weighted by Gasteiger charge is 2.14. The normalized spacial score (nSPS) is 10.9. The Morgan fingerprint density at radius 1 is 1.22 bits per heavy atom. The number of methoxy groups -OCH3 is 1. The Balaban J connectivity index is 2.24. The van der Waals surface area contributed by atoms with Crippen molar-refractivity contribution in [3.8, 4) is 11.5 Å². The number of nitro groups is 1. The van der Waals surface area contributed by atoms with Crippen LogP contribution in [0, 0.1) is 10.1 Å². The topological polar surface area (TPSA) is 90.7 Å². The lowest BCUT2D eigenvalue weighted by Gasteiger charge is -2.10. The van der Waals surface area contributed by atoms with Crippen molar-refractivity contribution in [3.05, 3.63) is 63.7 Å². The van der Waals surface area contributed by atoms with Crippen LogP contribution < -0.4 is 14.8 Å². The molecule has 0 aliphatic carbocycles. The predicted octanol–water partition coefficient (Wildman–Crippen LogP) is 4.14. The van der Waals surface area contributed by atoms with Gasteiger partial charge < -0.3 is 14.8 Å². The van der Waals surface area contributed by atoms with Crippen molar-refractivity contribution in [2.75, 3.05) is 19.5 Å². The fraction of sp³-hybridized carbons (Fsp3) is 0.167. The number of anilines is 1. The van der Waals surface area contributed by atoms with E-state index in [0.717, 1.165) is 0 Å². The van der Waals surface area contributed by atoms with Gasteiger partial charge in [-0.05, 0) is 35.9 Å². The number of hydrogen-bond acceptors (Lipinski definition) is 6. The van der Waals surface area contributed by atoms with Gasteiger partial charge in [-0.1, -0.05) is 12.1 Å². The molecule has 0 heterocycles. The summed E-state index contributed by atoms with van der Waals surface area (Å²) in [6.07, 6.45) is 2.64. The Hall–Kier alpha value is -3.49. The molecule has 2 rings (SSSR count). The number of nitro benzene ring substituents is 1. The first-order valence-electron chi connectivity index (χ1n) is 7.67. The van der Waals surface area contributed by atoms with E-state index in [1.54, 1.807) is 13.1 Å². The van der Waals surface area contributed by atoms with Gasteiger partial charge in [0.05, 0.1) is 12.0 Å². The summed E-state index contributed by atoms with van der Waals surface area (Å²) in [5.74, 6) is -0.632. The molecule has 0 spiro atoms. The summed E-state index contributed by atoms with van der Waals surface area (Å²) in [7, 11) is 2.83. The molecule has 0 unspecified atom stereocenters. The Kier molecular flexibility index (Phi) is 6.42. The van der Waals surface area contributed by atoms with Crippen LogP contribution in [-0.4, -0.2) is 31.5 Å². The van der Waals surface area contributed by atoms with Crippen LogP contribution >= 0.6 is 0 Å². The predicted molar refractivity (Wildman–Crippen MR) is 95.6 cm³/mol. The van der Waals surface area contributed by atoms with Crippen molar-refractivity contribution in [2.24, 2.45) is 0 Å². The molecule has 2 aromatic carbocycles. The van der Waals surface area contributed by atoms with Crippen LogP contribution in [0.5, 0.6) is 11.5 Å². The average molecular weight is 378 g/mol. The number of rotatable bonds is 8. The van der Waals surface area contributed by atoms with E-state index in [9.17, 15) is 23.7 Å². The van der Waals surface area contributed by atoms with Gasteiger partial charge in [0.25, 0.3) is 5.69 Å². The van der Waals surface area contributed by atoms with Gasteiger partial charge in [-0.25, -0.2) is 0 Å². The second-order valence-electron chi connectivity index (χ2n) is 5.23. The zero-order valence-electron chi connectivity index (χ0n) is 14.4. The lowest BCUT2D eigenvalue weighted by atomic mass is 10.1. The molecule has 142 valence electrons. The van der Waals surface area contributed by atoms with Crippen molar-refractivity contribution in [1.82, 2.24) is 0 Å². The second-order valence-corrected chi connectivity index (χ2v) is 5.23. The van der Waals surface area contributed by atoms with Crippen molar-refractivity contribution in [1.29, 1.82) is 0 Å². The molecule has 0 aliphatic heterocycles. The van der Waals surface area contributed by atoms with Gasteiger partial charge in [0, 0.05) is 18.7 Å². The van der Waals surface area contributed by atoms with E-state index in [4.69, 9.17) is 4.74 Å². The van der Waals surface area contributed by atoms with E-state index in [2.05, 4.69) is 10.1 Å². The highest BCUT2D eigenvalue weighted by Crippen LogP contribution is 2.30. The number of nitrogens with zero attached hydrogens (tertiary/aromatic N) is 1. The van der Waals surface area contributed by atoms with Crippen molar-refractivity contribution in [3.63, 3.8) is 0 Å². The molecule has 0 aliphatic rings. The molecule has 0 bridgehead atoms. The molecule has 0 radical (unpaired) electrons. The zero-order chi connectivity index (χ0) is 20.0. The molecule has 9 heteroatoms. The molecule has 27 heavy (non-hydrogen) atoms. The van der Waals surface area contributed by atoms with Crippen LogP contribution in [0.2, 0.25) is 0 Å². The molecule has 0 saturated heterocycles. The minimum absolute atomic E-state index is 0.0106. The summed E-state index contributed by atoms with van der Waals surface area (Å²) < 4.78 is 33.9. The first-order valence-corrected chi connectivity index (χ1v) is 7.67. The maximum atomic E-state index is 12.3. The number of ketones is 1. The SMILES string of the molecule is CNc1ccc(C=CC(=O)c2ccc(OC(F)F)c(OC)c2)cc1[N+](=O)[O-]. The highest BCUT2D eigenvalue weighted by atomic mass is 19.3. The molecule has 0 amide bonds. The van der Waals surface area contributed by atoms with E-state index in [0.29, 0.717) is 11.3 Å². The largest absolute Gasteiger partial charge is 0.493 e. The quantitative estimate of drug-likeness (QED) is 0.321. The number of allylic oxidation sites excluding steroid dienone is 1. The first kappa shape index (κ1) is 19.8. The standard InChI is InChI=1S/C18H16F2N2O5/c1-21-13-6-3-11(9-14(13)22(24)25)4-7-15(23)12-5-8-16(27-18(19)20)17(10-12)26-2/h3-10,18,21H,1-2H3. The lowest BCUT2D eigenvalue weighted by Crippen LogP contribution is -2.04.